The molecule has 0 spiro atoms. The van der Waals surface area contributed by atoms with E-state index in [9.17, 15) is 21.2 Å². The number of hydrazone groups is 2. The summed E-state index contributed by atoms with van der Waals surface area (Å²) in [5.41, 5.74) is 8.30. The van der Waals surface area contributed by atoms with Crippen molar-refractivity contribution in [1.82, 2.24) is 19.4 Å². The van der Waals surface area contributed by atoms with Gasteiger partial charge in [0.2, 0.25) is 26.0 Å². The number of para-hydroxylation sites is 1. The number of hydrogen-bond donors (Lipinski definition) is 5. The fraction of sp³-hybridized carbons (Fsp3) is 0.200. The van der Waals surface area contributed by atoms with Crippen LogP contribution >= 0.6 is 0 Å². The van der Waals surface area contributed by atoms with Gasteiger partial charge in [-0.15, -0.1) is 0 Å². The summed E-state index contributed by atoms with van der Waals surface area (Å²) in [6.45, 7) is 7.44. The van der Waals surface area contributed by atoms with Gasteiger partial charge >= 0.3 is 0 Å². The zero-order chi connectivity index (χ0) is 33.3. The predicted molar refractivity (Wildman–Crippen MR) is 178 cm³/mol. The van der Waals surface area contributed by atoms with Crippen molar-refractivity contribution in [3.05, 3.63) is 95.8 Å². The number of sulfonamides is 2. The second kappa shape index (κ2) is 15.0. The number of aromatic nitrogens is 2. The Bertz CT molecular complexity index is 1840. The minimum atomic E-state index is -3.59. The lowest BCUT2D eigenvalue weighted by Crippen LogP contribution is -2.23. The number of hydrogen-bond acceptors (Lipinski definition) is 11. The summed E-state index contributed by atoms with van der Waals surface area (Å²) in [6, 6.07) is 20.1. The van der Waals surface area contributed by atoms with Crippen molar-refractivity contribution in [3.8, 4) is 0 Å². The van der Waals surface area contributed by atoms with Crippen LogP contribution in [-0.2, 0) is 20.0 Å². The third-order valence-electron chi connectivity index (χ3n) is 6.36. The number of nitrogens with one attached hydrogen (secondary N) is 5. The fourth-order valence-electron chi connectivity index (χ4n) is 4.01. The molecule has 3 aromatic carbocycles. The molecule has 0 radical (unpaired) electrons. The van der Waals surface area contributed by atoms with Crippen LogP contribution in [0.3, 0.4) is 0 Å². The molecule has 4 rings (SSSR count). The fourth-order valence-corrected chi connectivity index (χ4v) is 6.09. The molecule has 0 aliphatic heterocycles. The van der Waals surface area contributed by atoms with Gasteiger partial charge in [0.15, 0.2) is 11.6 Å². The highest BCUT2D eigenvalue weighted by Gasteiger charge is 2.14. The number of nitrogens with zero attached hydrogens (tertiary/aromatic N) is 4. The second-order valence-corrected chi connectivity index (χ2v) is 13.3. The van der Waals surface area contributed by atoms with Crippen molar-refractivity contribution >= 4 is 54.7 Å². The first-order valence-corrected chi connectivity index (χ1v) is 17.1. The molecule has 0 atom stereocenters. The van der Waals surface area contributed by atoms with Crippen LogP contribution in [0, 0.1) is 5.82 Å². The van der Waals surface area contributed by atoms with E-state index >= 15 is 0 Å². The maximum atomic E-state index is 14.4. The van der Waals surface area contributed by atoms with Crippen molar-refractivity contribution in [2.24, 2.45) is 10.2 Å². The van der Waals surface area contributed by atoms with E-state index in [1.807, 2.05) is 0 Å². The SMILES string of the molecule is CCNS(=O)(=O)c1ccc(C(C)=NNc2cc(NN=C(C)c3ccc(S(=O)(=O)NCC)cc3)nc(Nc3ccccc3F)n2)cc1. The van der Waals surface area contributed by atoms with E-state index in [0.717, 1.165) is 0 Å². The van der Waals surface area contributed by atoms with Crippen molar-refractivity contribution in [2.45, 2.75) is 37.5 Å². The minimum Gasteiger partial charge on any atom is -0.322 e. The van der Waals surface area contributed by atoms with E-state index in [2.05, 4.69) is 45.8 Å². The molecule has 5 N–H and O–H groups in total. The Balaban J connectivity index is 1.58. The molecule has 242 valence electrons. The average molecular weight is 668 g/mol. The van der Waals surface area contributed by atoms with Gasteiger partial charge in [-0.3, -0.25) is 10.9 Å². The molecule has 0 unspecified atom stereocenters. The van der Waals surface area contributed by atoms with Crippen LogP contribution < -0.4 is 25.6 Å². The van der Waals surface area contributed by atoms with E-state index in [1.54, 1.807) is 64.1 Å². The van der Waals surface area contributed by atoms with Crippen molar-refractivity contribution < 1.29 is 21.2 Å². The lowest BCUT2D eigenvalue weighted by molar-refractivity contribution is 0.582. The summed E-state index contributed by atoms with van der Waals surface area (Å²) in [6.07, 6.45) is 0. The summed E-state index contributed by atoms with van der Waals surface area (Å²) in [7, 11) is -7.17. The van der Waals surface area contributed by atoms with Gasteiger partial charge in [-0.1, -0.05) is 50.2 Å². The van der Waals surface area contributed by atoms with Gasteiger partial charge in [0.1, 0.15) is 5.82 Å². The van der Waals surface area contributed by atoms with Crippen LogP contribution in [-0.4, -0.2) is 51.3 Å². The lowest BCUT2D eigenvalue weighted by atomic mass is 10.1. The maximum Gasteiger partial charge on any atom is 0.240 e. The molecule has 0 aliphatic carbocycles. The van der Waals surface area contributed by atoms with Gasteiger partial charge in [-0.25, -0.2) is 30.7 Å². The summed E-state index contributed by atoms with van der Waals surface area (Å²) >= 11 is 0. The molecule has 16 heteroatoms. The minimum absolute atomic E-state index is 0.0503. The third kappa shape index (κ3) is 8.91. The largest absolute Gasteiger partial charge is 0.322 e. The van der Waals surface area contributed by atoms with Crippen LogP contribution in [0.4, 0.5) is 27.7 Å². The topological polar surface area (TPSA) is 179 Å². The predicted octanol–water partition coefficient (Wildman–Crippen LogP) is 4.63. The first-order valence-electron chi connectivity index (χ1n) is 14.1. The standard InChI is InChI=1S/C30H34FN9O4S2/c1-5-32-45(41,42)24-15-11-22(12-16-24)20(3)37-39-28-19-29(36-30(35-28)34-27-10-8-7-9-26(27)31)40-38-21(4)23-13-17-25(18-14-23)46(43,44)33-6-2/h7-19,32-33H,5-6H2,1-4H3,(H3,34,35,36,39,40). The van der Waals surface area contributed by atoms with E-state index in [1.165, 1.54) is 42.5 Å². The second-order valence-electron chi connectivity index (χ2n) is 9.74. The summed E-state index contributed by atoms with van der Waals surface area (Å²) in [5.74, 6) is 0.0379. The van der Waals surface area contributed by atoms with Gasteiger partial charge in [0.25, 0.3) is 0 Å². The summed E-state index contributed by atoms with van der Waals surface area (Å²) in [5, 5.41) is 11.6. The van der Waals surface area contributed by atoms with Crippen molar-refractivity contribution in [3.63, 3.8) is 0 Å². The van der Waals surface area contributed by atoms with Crippen LogP contribution in [0.5, 0.6) is 0 Å². The van der Waals surface area contributed by atoms with E-state index in [-0.39, 0.29) is 46.2 Å². The Kier molecular flexibility index (Phi) is 11.1. The highest BCUT2D eigenvalue weighted by molar-refractivity contribution is 7.89. The zero-order valence-electron chi connectivity index (χ0n) is 25.5. The van der Waals surface area contributed by atoms with Gasteiger partial charge in [0, 0.05) is 19.2 Å². The molecular formula is C30H34FN9O4S2. The van der Waals surface area contributed by atoms with E-state index in [0.29, 0.717) is 22.6 Å². The number of benzene rings is 3. The van der Waals surface area contributed by atoms with Crippen LogP contribution in [0.25, 0.3) is 0 Å². The van der Waals surface area contributed by atoms with Crippen LogP contribution in [0.2, 0.25) is 0 Å². The molecule has 1 aromatic heterocycles. The normalized spacial score (nSPS) is 12.5. The van der Waals surface area contributed by atoms with Crippen molar-refractivity contribution in [1.29, 1.82) is 0 Å². The average Bonchev–Trinajstić information content (AvgIpc) is 3.03. The van der Waals surface area contributed by atoms with Gasteiger partial charge in [-0.2, -0.15) is 20.2 Å². The molecule has 4 aromatic rings. The van der Waals surface area contributed by atoms with Gasteiger partial charge < -0.3 is 5.32 Å². The molecule has 0 amide bonds. The molecule has 0 saturated heterocycles. The highest BCUT2D eigenvalue weighted by atomic mass is 32.2. The van der Waals surface area contributed by atoms with E-state index in [4.69, 9.17) is 0 Å². The molecule has 0 aliphatic rings. The number of anilines is 4. The molecule has 1 heterocycles. The Morgan fingerprint density at radius 3 is 1.54 bits per heavy atom. The first kappa shape index (κ1) is 34.1. The van der Waals surface area contributed by atoms with E-state index < -0.39 is 25.9 Å². The van der Waals surface area contributed by atoms with Crippen molar-refractivity contribution in [2.75, 3.05) is 29.3 Å². The van der Waals surface area contributed by atoms with Crippen LogP contribution in [0.15, 0.2) is 98.9 Å². The van der Waals surface area contributed by atoms with Gasteiger partial charge in [-0.05, 0) is 61.4 Å². The Morgan fingerprint density at radius 2 is 1.13 bits per heavy atom. The zero-order valence-corrected chi connectivity index (χ0v) is 27.2. The smallest absolute Gasteiger partial charge is 0.240 e. The summed E-state index contributed by atoms with van der Waals surface area (Å²) < 4.78 is 68.3. The quantitative estimate of drug-likeness (QED) is 0.0947. The monoisotopic (exact) mass is 667 g/mol. The number of halogens is 1. The Hall–Kier alpha value is -4.77. The van der Waals surface area contributed by atoms with Crippen LogP contribution in [0.1, 0.15) is 38.8 Å². The highest BCUT2D eigenvalue weighted by Crippen LogP contribution is 2.21. The number of rotatable bonds is 14. The van der Waals surface area contributed by atoms with Gasteiger partial charge in [0.05, 0.1) is 26.9 Å². The molecule has 46 heavy (non-hydrogen) atoms. The molecule has 13 nitrogen and oxygen atoms in total. The molecule has 0 bridgehead atoms. The molecule has 0 saturated carbocycles. The molecule has 0 fully saturated rings. The third-order valence-corrected chi connectivity index (χ3v) is 9.48. The Labute approximate surface area is 267 Å². The first-order chi connectivity index (χ1) is 21.9. The molecular weight excluding hydrogens is 634 g/mol. The maximum absolute atomic E-state index is 14.4. The summed E-state index contributed by atoms with van der Waals surface area (Å²) in [4.78, 5) is 9.06. The lowest BCUT2D eigenvalue weighted by Gasteiger charge is -2.11. The Morgan fingerprint density at radius 1 is 0.696 bits per heavy atom.